The van der Waals surface area contributed by atoms with Gasteiger partial charge in [0.05, 0.1) is 0 Å². The molecule has 6 nitrogen and oxygen atoms in total. The van der Waals surface area contributed by atoms with Gasteiger partial charge in [-0.25, -0.2) is 4.98 Å². The Morgan fingerprint density at radius 2 is 1.65 bits per heavy atom. The maximum absolute atomic E-state index is 12.8. The van der Waals surface area contributed by atoms with E-state index in [9.17, 15) is 4.79 Å². The highest BCUT2D eigenvalue weighted by molar-refractivity contribution is 7.99. The van der Waals surface area contributed by atoms with E-state index in [4.69, 9.17) is 0 Å². The van der Waals surface area contributed by atoms with Gasteiger partial charge in [0.1, 0.15) is 5.82 Å². The summed E-state index contributed by atoms with van der Waals surface area (Å²) in [5.41, 5.74) is 4.59. The molecule has 0 fully saturated rings. The first kappa shape index (κ1) is 25.5. The number of rotatable bonds is 9. The van der Waals surface area contributed by atoms with Crippen molar-refractivity contribution < 1.29 is 4.79 Å². The highest BCUT2D eigenvalue weighted by Crippen LogP contribution is 2.22. The molecule has 196 valence electrons. The summed E-state index contributed by atoms with van der Waals surface area (Å²) in [6.45, 7) is 1.94. The summed E-state index contributed by atoms with van der Waals surface area (Å²) in [5.74, 6) is 2.15. The number of thioether (sulfide) groups is 1. The van der Waals surface area contributed by atoms with Crippen molar-refractivity contribution in [1.82, 2.24) is 19.6 Å². The molecule has 0 aliphatic heterocycles. The van der Waals surface area contributed by atoms with Gasteiger partial charge in [0.2, 0.25) is 5.16 Å². The molecule has 1 N–H and O–H groups in total. The Morgan fingerprint density at radius 3 is 2.48 bits per heavy atom. The molecule has 2 aromatic heterocycles. The van der Waals surface area contributed by atoms with Gasteiger partial charge < -0.3 is 5.32 Å². The molecule has 0 atom stereocenters. The molecule has 0 spiro atoms. The zero-order valence-electron chi connectivity index (χ0n) is 22.0. The predicted molar refractivity (Wildman–Crippen MR) is 163 cm³/mol. The van der Waals surface area contributed by atoms with Gasteiger partial charge in [0, 0.05) is 28.8 Å². The van der Waals surface area contributed by atoms with Crippen LogP contribution in [0, 0.1) is 6.92 Å². The van der Waals surface area contributed by atoms with Gasteiger partial charge in [0.25, 0.3) is 5.78 Å². The molecule has 4 aromatic carbocycles. The molecule has 0 radical (unpaired) electrons. The lowest BCUT2D eigenvalue weighted by atomic mass is 10.1. The largest absolute Gasteiger partial charge is 0.340 e. The fraction of sp³-hybridized carbons (Fsp3) is 0.0909. The van der Waals surface area contributed by atoms with Gasteiger partial charge in [-0.1, -0.05) is 84.6 Å². The van der Waals surface area contributed by atoms with E-state index in [0.717, 1.165) is 40.3 Å². The lowest BCUT2D eigenvalue weighted by molar-refractivity contribution is 0.104. The number of carbonyl (C=O) groups excluding carboxylic acids is 1. The first-order chi connectivity index (χ1) is 19.6. The van der Waals surface area contributed by atoms with E-state index in [1.54, 1.807) is 22.4 Å². The summed E-state index contributed by atoms with van der Waals surface area (Å²) in [5, 5.41) is 11.1. The van der Waals surface area contributed by atoms with Crippen molar-refractivity contribution in [3.63, 3.8) is 0 Å². The van der Waals surface area contributed by atoms with Crippen LogP contribution >= 0.6 is 11.8 Å². The topological polar surface area (TPSA) is 72.2 Å². The predicted octanol–water partition coefficient (Wildman–Crippen LogP) is 7.56. The van der Waals surface area contributed by atoms with Gasteiger partial charge in [-0.3, -0.25) is 4.79 Å². The monoisotopic (exact) mass is 541 g/mol. The van der Waals surface area contributed by atoms with Crippen LogP contribution in [-0.2, 0) is 6.42 Å². The number of anilines is 2. The van der Waals surface area contributed by atoms with E-state index in [0.29, 0.717) is 16.5 Å². The van der Waals surface area contributed by atoms with Gasteiger partial charge >= 0.3 is 0 Å². The Labute approximate surface area is 236 Å². The molecule has 0 aliphatic carbocycles. The number of aryl methyl sites for hydroxylation is 2. The molecule has 40 heavy (non-hydrogen) atoms. The van der Waals surface area contributed by atoms with Crippen molar-refractivity contribution in [1.29, 1.82) is 0 Å². The van der Waals surface area contributed by atoms with Crippen molar-refractivity contribution in [3.8, 4) is 0 Å². The lowest BCUT2D eigenvalue weighted by Gasteiger charge is -2.09. The number of ketones is 1. The number of hydrogen-bond acceptors (Lipinski definition) is 6. The summed E-state index contributed by atoms with van der Waals surface area (Å²) < 4.78 is 1.73. The van der Waals surface area contributed by atoms with Gasteiger partial charge in [-0.15, -0.1) is 5.10 Å². The molecule has 2 heterocycles. The SMILES string of the molecule is Cc1cc(Nc2ccc(C(=O)/C=C/c3ccc4ccccc4c3)cc2)n2nc(SCCc3ccccc3)nc2n1. The first-order valence-corrected chi connectivity index (χ1v) is 14.1. The zero-order chi connectivity index (χ0) is 27.3. The molecule has 6 aromatic rings. The summed E-state index contributed by atoms with van der Waals surface area (Å²) in [6, 6.07) is 34.1. The standard InChI is InChI=1S/C33H27N5OS/c1-23-21-31(38-32(34-23)36-33(37-38)40-20-19-24-7-3-2-4-8-24)35-29-16-14-27(15-17-29)30(39)18-12-25-11-13-26-9-5-6-10-28(26)22-25/h2-18,21-22,35H,19-20H2,1H3/b18-12+. The van der Waals surface area contributed by atoms with Gasteiger partial charge in [-0.05, 0) is 71.7 Å². The average molecular weight is 542 g/mol. The van der Waals surface area contributed by atoms with Crippen LogP contribution in [0.5, 0.6) is 0 Å². The Morgan fingerprint density at radius 1 is 0.875 bits per heavy atom. The van der Waals surface area contributed by atoms with Crippen LogP contribution < -0.4 is 5.32 Å². The molecule has 0 unspecified atom stereocenters. The van der Waals surface area contributed by atoms with Crippen molar-refractivity contribution in [2.75, 3.05) is 11.1 Å². The first-order valence-electron chi connectivity index (χ1n) is 13.1. The van der Waals surface area contributed by atoms with E-state index in [-0.39, 0.29) is 5.78 Å². The van der Waals surface area contributed by atoms with Crippen LogP contribution in [0.2, 0.25) is 0 Å². The van der Waals surface area contributed by atoms with E-state index >= 15 is 0 Å². The fourth-order valence-electron chi connectivity index (χ4n) is 4.47. The normalized spacial score (nSPS) is 11.4. The van der Waals surface area contributed by atoms with Crippen LogP contribution in [0.1, 0.15) is 27.2 Å². The molecular weight excluding hydrogens is 514 g/mol. The molecule has 0 saturated carbocycles. The van der Waals surface area contributed by atoms with Crippen molar-refractivity contribution >= 4 is 51.7 Å². The van der Waals surface area contributed by atoms with Gasteiger partial charge in [-0.2, -0.15) is 9.50 Å². The maximum atomic E-state index is 12.8. The van der Waals surface area contributed by atoms with Crippen LogP contribution in [0.25, 0.3) is 22.6 Å². The molecule has 0 saturated heterocycles. The van der Waals surface area contributed by atoms with Crippen LogP contribution in [0.3, 0.4) is 0 Å². The molecular formula is C33H27N5OS. The average Bonchev–Trinajstić information content (AvgIpc) is 3.39. The molecule has 0 amide bonds. The Bertz CT molecular complexity index is 1830. The second-order valence-electron chi connectivity index (χ2n) is 9.48. The molecule has 6 rings (SSSR count). The number of hydrogen-bond donors (Lipinski definition) is 1. The summed E-state index contributed by atoms with van der Waals surface area (Å²) in [4.78, 5) is 22.0. The summed E-state index contributed by atoms with van der Waals surface area (Å²) in [7, 11) is 0. The minimum absolute atomic E-state index is 0.0460. The van der Waals surface area contributed by atoms with E-state index < -0.39 is 0 Å². The van der Waals surface area contributed by atoms with E-state index in [1.807, 2.05) is 67.6 Å². The highest BCUT2D eigenvalue weighted by atomic mass is 32.2. The number of nitrogens with zero attached hydrogens (tertiary/aromatic N) is 4. The van der Waals surface area contributed by atoms with Crippen molar-refractivity contribution in [2.24, 2.45) is 0 Å². The Balaban J connectivity index is 1.13. The third-order valence-corrected chi connectivity index (χ3v) is 7.37. The van der Waals surface area contributed by atoms with Crippen molar-refractivity contribution in [2.45, 2.75) is 18.5 Å². The van der Waals surface area contributed by atoms with Gasteiger partial charge in [0.15, 0.2) is 5.78 Å². The number of nitrogens with one attached hydrogen (secondary N) is 1. The van der Waals surface area contributed by atoms with E-state index in [1.165, 1.54) is 10.9 Å². The third-order valence-electron chi connectivity index (χ3n) is 6.53. The summed E-state index contributed by atoms with van der Waals surface area (Å²) in [6.07, 6.45) is 4.42. The van der Waals surface area contributed by atoms with Crippen LogP contribution in [0.4, 0.5) is 11.5 Å². The highest BCUT2D eigenvalue weighted by Gasteiger charge is 2.11. The number of allylic oxidation sites excluding steroid dienone is 1. The molecule has 7 heteroatoms. The lowest BCUT2D eigenvalue weighted by Crippen LogP contribution is -2.03. The van der Waals surface area contributed by atoms with Crippen LogP contribution in [0.15, 0.2) is 114 Å². The number of carbonyl (C=O) groups is 1. The number of aromatic nitrogens is 4. The Kier molecular flexibility index (Phi) is 7.37. The smallest absolute Gasteiger partial charge is 0.255 e. The van der Waals surface area contributed by atoms with Crippen LogP contribution in [-0.4, -0.2) is 31.1 Å². The molecule has 0 aliphatic rings. The third kappa shape index (κ3) is 5.95. The molecule has 0 bridgehead atoms. The number of benzene rings is 4. The van der Waals surface area contributed by atoms with E-state index in [2.05, 4.69) is 68.9 Å². The second-order valence-corrected chi connectivity index (χ2v) is 10.5. The summed E-state index contributed by atoms with van der Waals surface area (Å²) >= 11 is 1.62. The Hall–Kier alpha value is -4.75. The fourth-order valence-corrected chi connectivity index (χ4v) is 5.27. The van der Waals surface area contributed by atoms with Crippen molar-refractivity contribution in [3.05, 3.63) is 132 Å². The second kappa shape index (κ2) is 11.6. The zero-order valence-corrected chi connectivity index (χ0v) is 22.8. The quantitative estimate of drug-likeness (QED) is 0.116. The minimum atomic E-state index is -0.0460. The minimum Gasteiger partial charge on any atom is -0.340 e. The number of fused-ring (bicyclic) bond motifs is 2. The maximum Gasteiger partial charge on any atom is 0.255 e.